The predicted molar refractivity (Wildman–Crippen MR) is 147 cm³/mol. The molecule has 2 aromatic heterocycles. The number of anilines is 1. The van der Waals surface area contributed by atoms with Crippen molar-refractivity contribution < 1.29 is 37.4 Å². The number of ether oxygens (including phenoxy) is 2. The number of halogens is 2. The van der Waals surface area contributed by atoms with Gasteiger partial charge in [0.2, 0.25) is 11.8 Å². The van der Waals surface area contributed by atoms with Crippen molar-refractivity contribution in [1.82, 2.24) is 24.3 Å². The SMILES string of the molecule is CCOC(=O)n1c(Cn2cccc(NC(=O)[C@H](CC/C=C/C(=O)N(C)C)NC(=O)OC)c2=O)nc2cc(F)c(F)cc21. The van der Waals surface area contributed by atoms with Gasteiger partial charge in [0.1, 0.15) is 17.6 Å². The zero-order valence-corrected chi connectivity index (χ0v) is 23.3. The van der Waals surface area contributed by atoms with E-state index in [2.05, 4.69) is 20.4 Å². The van der Waals surface area contributed by atoms with Gasteiger partial charge in [-0.15, -0.1) is 0 Å². The van der Waals surface area contributed by atoms with Crippen LogP contribution in [0.2, 0.25) is 0 Å². The fourth-order valence-electron chi connectivity index (χ4n) is 3.82. The van der Waals surface area contributed by atoms with E-state index in [0.29, 0.717) is 0 Å². The summed E-state index contributed by atoms with van der Waals surface area (Å²) < 4.78 is 39.5. The molecule has 3 amide bonds. The number of carbonyl (C=O) groups excluding carboxylic acids is 4. The molecule has 1 atom stereocenters. The number of hydrogen-bond acceptors (Lipinski definition) is 8. The van der Waals surface area contributed by atoms with Crippen LogP contribution in [0.5, 0.6) is 0 Å². The molecule has 0 saturated heterocycles. The highest BCUT2D eigenvalue weighted by atomic mass is 19.2. The van der Waals surface area contributed by atoms with Crippen LogP contribution in [0.25, 0.3) is 11.0 Å². The molecular formula is C27H30F2N6O7. The number of alkyl carbamates (subject to hydrolysis) is 1. The summed E-state index contributed by atoms with van der Waals surface area (Å²) in [4.78, 5) is 68.1. The molecule has 2 heterocycles. The largest absolute Gasteiger partial charge is 0.453 e. The highest BCUT2D eigenvalue weighted by molar-refractivity contribution is 5.96. The minimum absolute atomic E-state index is 0.00832. The monoisotopic (exact) mass is 588 g/mol. The normalized spacial score (nSPS) is 11.8. The van der Waals surface area contributed by atoms with Crippen molar-refractivity contribution >= 4 is 40.7 Å². The molecule has 0 spiro atoms. The number of aromatic nitrogens is 3. The van der Waals surface area contributed by atoms with Crippen LogP contribution < -0.4 is 16.2 Å². The van der Waals surface area contributed by atoms with Gasteiger partial charge in [-0.1, -0.05) is 6.08 Å². The van der Waals surface area contributed by atoms with E-state index in [1.54, 1.807) is 27.1 Å². The maximum Gasteiger partial charge on any atom is 0.420 e. The topological polar surface area (TPSA) is 154 Å². The Kier molecular flexibility index (Phi) is 10.5. The molecule has 0 aliphatic heterocycles. The molecule has 42 heavy (non-hydrogen) atoms. The number of nitrogens with one attached hydrogen (secondary N) is 2. The summed E-state index contributed by atoms with van der Waals surface area (Å²) in [6.45, 7) is 1.23. The van der Waals surface area contributed by atoms with E-state index in [1.165, 1.54) is 29.3 Å². The second kappa shape index (κ2) is 14.0. The van der Waals surface area contributed by atoms with Crippen molar-refractivity contribution in [2.24, 2.45) is 0 Å². The summed E-state index contributed by atoms with van der Waals surface area (Å²) in [7, 11) is 4.29. The molecule has 224 valence electrons. The van der Waals surface area contributed by atoms with Gasteiger partial charge < -0.3 is 29.6 Å². The van der Waals surface area contributed by atoms with Gasteiger partial charge in [0.05, 0.1) is 31.3 Å². The standard InChI is InChI=1S/C27H30F2N6O7/c1-5-42-27(40)35-21-14-17(29)16(28)13-20(21)30-22(35)15-34-12-8-10-19(25(34)38)31-24(37)18(32-26(39)41-4)9-6-7-11-23(36)33(2)3/h7-8,10-14,18H,5-6,9,15H2,1-4H3,(H,31,37)(H,32,39)/b11-7+/t18-/m0/s1. The number of carbonyl (C=O) groups is 4. The first-order chi connectivity index (χ1) is 20.0. The lowest BCUT2D eigenvalue weighted by Crippen LogP contribution is -2.44. The second-order valence-corrected chi connectivity index (χ2v) is 9.06. The van der Waals surface area contributed by atoms with Crippen molar-refractivity contribution in [2.45, 2.75) is 32.4 Å². The van der Waals surface area contributed by atoms with Crippen molar-refractivity contribution in [2.75, 3.05) is 33.1 Å². The smallest absolute Gasteiger partial charge is 0.420 e. The molecule has 2 N–H and O–H groups in total. The first-order valence-electron chi connectivity index (χ1n) is 12.7. The molecule has 3 aromatic rings. The third kappa shape index (κ3) is 7.56. The number of hydrogen-bond donors (Lipinski definition) is 2. The number of fused-ring (bicyclic) bond motifs is 1. The Hall–Kier alpha value is -5.08. The van der Waals surface area contributed by atoms with Crippen LogP contribution in [0.15, 0.2) is 47.4 Å². The molecule has 0 aliphatic rings. The number of imidazole rings is 1. The van der Waals surface area contributed by atoms with Crippen LogP contribution >= 0.6 is 0 Å². The molecule has 0 saturated carbocycles. The highest BCUT2D eigenvalue weighted by Crippen LogP contribution is 2.21. The zero-order chi connectivity index (χ0) is 31.0. The number of nitrogens with zero attached hydrogens (tertiary/aromatic N) is 4. The number of benzene rings is 1. The van der Waals surface area contributed by atoms with E-state index in [0.717, 1.165) is 28.4 Å². The lowest BCUT2D eigenvalue weighted by Gasteiger charge is -2.17. The molecule has 0 fully saturated rings. The Morgan fingerprint density at radius 2 is 1.88 bits per heavy atom. The van der Waals surface area contributed by atoms with Gasteiger partial charge in [0.15, 0.2) is 11.6 Å². The molecule has 15 heteroatoms. The molecule has 0 bridgehead atoms. The molecular weight excluding hydrogens is 558 g/mol. The molecule has 0 aliphatic carbocycles. The quantitative estimate of drug-likeness (QED) is 0.343. The average molecular weight is 589 g/mol. The first-order valence-corrected chi connectivity index (χ1v) is 12.7. The summed E-state index contributed by atoms with van der Waals surface area (Å²) in [5.41, 5.74) is -0.947. The number of amides is 3. The van der Waals surface area contributed by atoms with Gasteiger partial charge in [-0.2, -0.15) is 0 Å². The van der Waals surface area contributed by atoms with Crippen LogP contribution in [-0.2, 0) is 25.6 Å². The van der Waals surface area contributed by atoms with Gasteiger partial charge in [-0.25, -0.2) is 27.9 Å². The first kappa shape index (κ1) is 31.4. The summed E-state index contributed by atoms with van der Waals surface area (Å²) in [6, 6.07) is 3.29. The number of likely N-dealkylation sites (N-methyl/N-ethyl adjacent to an activating group) is 1. The lowest BCUT2D eigenvalue weighted by molar-refractivity contribution is -0.123. The summed E-state index contributed by atoms with van der Waals surface area (Å²) >= 11 is 0. The summed E-state index contributed by atoms with van der Waals surface area (Å²) in [5.74, 6) is -3.40. The Morgan fingerprint density at radius 1 is 1.17 bits per heavy atom. The Balaban J connectivity index is 1.87. The van der Waals surface area contributed by atoms with Crippen LogP contribution in [0.3, 0.4) is 0 Å². The highest BCUT2D eigenvalue weighted by Gasteiger charge is 2.23. The average Bonchev–Trinajstić information content (AvgIpc) is 3.28. The third-order valence-corrected chi connectivity index (χ3v) is 5.92. The predicted octanol–water partition coefficient (Wildman–Crippen LogP) is 2.62. The minimum atomic E-state index is -1.20. The van der Waals surface area contributed by atoms with Crippen molar-refractivity contribution in [3.05, 3.63) is 70.4 Å². The number of methoxy groups -OCH3 is 1. The molecule has 13 nitrogen and oxygen atoms in total. The Bertz CT molecular complexity index is 1580. The van der Waals surface area contributed by atoms with Crippen LogP contribution in [0.1, 0.15) is 25.6 Å². The van der Waals surface area contributed by atoms with E-state index in [9.17, 15) is 32.8 Å². The van der Waals surface area contributed by atoms with Gasteiger partial charge >= 0.3 is 12.2 Å². The van der Waals surface area contributed by atoms with Gasteiger partial charge in [-0.3, -0.25) is 14.4 Å². The van der Waals surface area contributed by atoms with E-state index in [-0.39, 0.29) is 54.4 Å². The second-order valence-electron chi connectivity index (χ2n) is 9.06. The third-order valence-electron chi connectivity index (χ3n) is 5.92. The number of pyridine rings is 1. The number of rotatable bonds is 10. The van der Waals surface area contributed by atoms with Gasteiger partial charge in [0.25, 0.3) is 5.56 Å². The van der Waals surface area contributed by atoms with E-state index in [4.69, 9.17) is 4.74 Å². The lowest BCUT2D eigenvalue weighted by atomic mass is 10.1. The summed E-state index contributed by atoms with van der Waals surface area (Å²) in [6.07, 6.45) is 2.78. The van der Waals surface area contributed by atoms with E-state index in [1.807, 2.05) is 0 Å². The van der Waals surface area contributed by atoms with Crippen LogP contribution in [0, 0.1) is 11.6 Å². The fraction of sp³-hybridized carbons (Fsp3) is 0.333. The Morgan fingerprint density at radius 3 is 2.55 bits per heavy atom. The van der Waals surface area contributed by atoms with E-state index < -0.39 is 41.3 Å². The van der Waals surface area contributed by atoms with E-state index >= 15 is 0 Å². The molecule has 0 radical (unpaired) electrons. The number of allylic oxidation sites excluding steroid dienone is 1. The molecule has 1 aromatic carbocycles. The van der Waals surface area contributed by atoms with Gasteiger partial charge in [-0.05, 0) is 38.0 Å². The zero-order valence-electron chi connectivity index (χ0n) is 23.3. The van der Waals surface area contributed by atoms with Gasteiger partial charge in [0, 0.05) is 32.4 Å². The molecule has 0 unspecified atom stereocenters. The molecule has 3 rings (SSSR count). The maximum absolute atomic E-state index is 14.0. The maximum atomic E-state index is 14.0. The van der Waals surface area contributed by atoms with Crippen LogP contribution in [-0.4, -0.2) is 76.9 Å². The summed E-state index contributed by atoms with van der Waals surface area (Å²) in [5, 5.41) is 4.86. The van der Waals surface area contributed by atoms with Crippen LogP contribution in [0.4, 0.5) is 24.1 Å². The fourth-order valence-corrected chi connectivity index (χ4v) is 3.82. The minimum Gasteiger partial charge on any atom is -0.453 e. The van der Waals surface area contributed by atoms with Crippen molar-refractivity contribution in [3.8, 4) is 0 Å². The Labute approximate surface area is 238 Å². The van der Waals surface area contributed by atoms with Crippen molar-refractivity contribution in [3.63, 3.8) is 0 Å². The van der Waals surface area contributed by atoms with Crippen molar-refractivity contribution in [1.29, 1.82) is 0 Å².